The Morgan fingerprint density at radius 1 is 1.00 bits per heavy atom. The van der Waals surface area contributed by atoms with Gasteiger partial charge >= 0.3 is 0 Å². The van der Waals surface area contributed by atoms with Crippen LogP contribution in [0.4, 0.5) is 0 Å². The zero-order valence-electron chi connectivity index (χ0n) is 19.3. The molecule has 1 aromatic rings. The molecule has 3 heteroatoms. The molecule has 5 rings (SSSR count). The summed E-state index contributed by atoms with van der Waals surface area (Å²) in [6.45, 7) is 6.50. The van der Waals surface area contributed by atoms with Gasteiger partial charge in [0.25, 0.3) is 0 Å². The lowest BCUT2D eigenvalue weighted by Crippen LogP contribution is -2.42. The molecule has 30 heavy (non-hydrogen) atoms. The lowest BCUT2D eigenvalue weighted by molar-refractivity contribution is 0.0283. The third-order valence-corrected chi connectivity index (χ3v) is 9.02. The maximum atomic E-state index is 10.1. The molecule has 0 amide bonds. The quantitative estimate of drug-likeness (QED) is 0.598. The van der Waals surface area contributed by atoms with Crippen molar-refractivity contribution >= 4 is 0 Å². The zero-order valence-corrected chi connectivity index (χ0v) is 19.3. The Bertz CT molecular complexity index is 702. The normalized spacial score (nSPS) is 38.3. The molecule has 0 aromatic carbocycles. The van der Waals surface area contributed by atoms with Gasteiger partial charge in [-0.1, -0.05) is 32.4 Å². The van der Waals surface area contributed by atoms with Gasteiger partial charge in [0.05, 0.1) is 6.10 Å². The average Bonchev–Trinajstić information content (AvgIpc) is 3.23. The number of aryl methyl sites for hydroxylation is 1. The average molecular weight is 411 g/mol. The van der Waals surface area contributed by atoms with E-state index in [0.717, 1.165) is 60.7 Å². The number of aromatic nitrogens is 2. The minimum absolute atomic E-state index is 0.0676. The number of aliphatic hydroxyl groups excluding tert-OH is 1. The Balaban J connectivity index is 0.00000106. The van der Waals surface area contributed by atoms with Crippen LogP contribution in [0.15, 0.2) is 30.2 Å². The number of rotatable bonds is 4. The molecule has 1 aromatic heterocycles. The molecule has 1 N–H and O–H groups in total. The summed E-state index contributed by atoms with van der Waals surface area (Å²) in [4.78, 5) is 8.47. The van der Waals surface area contributed by atoms with Gasteiger partial charge in [-0.2, -0.15) is 0 Å². The minimum Gasteiger partial charge on any atom is -0.393 e. The molecule has 8 atom stereocenters. The van der Waals surface area contributed by atoms with E-state index in [1.165, 1.54) is 50.6 Å². The van der Waals surface area contributed by atoms with Gasteiger partial charge < -0.3 is 5.11 Å². The van der Waals surface area contributed by atoms with Crippen molar-refractivity contribution in [1.29, 1.82) is 0 Å². The Kier molecular flexibility index (Phi) is 7.28. The highest BCUT2D eigenvalue weighted by atomic mass is 16.3. The Morgan fingerprint density at radius 2 is 1.80 bits per heavy atom. The van der Waals surface area contributed by atoms with E-state index < -0.39 is 0 Å². The second-order valence-electron chi connectivity index (χ2n) is 10.2. The highest BCUT2D eigenvalue weighted by Gasteiger charge is 2.50. The molecule has 166 valence electrons. The van der Waals surface area contributed by atoms with Gasteiger partial charge in [0.15, 0.2) is 0 Å². The predicted molar refractivity (Wildman–Crippen MR) is 123 cm³/mol. The summed E-state index contributed by atoms with van der Waals surface area (Å²) in [5.41, 5.74) is 2.82. The van der Waals surface area contributed by atoms with Crippen molar-refractivity contribution in [3.05, 3.63) is 35.9 Å². The zero-order chi connectivity index (χ0) is 21.1. The van der Waals surface area contributed by atoms with Gasteiger partial charge in [-0.25, -0.2) is 9.97 Å². The summed E-state index contributed by atoms with van der Waals surface area (Å²) in [6, 6.07) is 2.07. The maximum Gasteiger partial charge on any atom is 0.115 e. The predicted octanol–water partition coefficient (Wildman–Crippen LogP) is 6.23. The van der Waals surface area contributed by atoms with Crippen LogP contribution in [0.5, 0.6) is 0 Å². The molecule has 0 aliphatic heterocycles. The van der Waals surface area contributed by atoms with Crippen LogP contribution in [0.2, 0.25) is 0 Å². The first kappa shape index (κ1) is 22.0. The fourth-order valence-electron chi connectivity index (χ4n) is 7.71. The van der Waals surface area contributed by atoms with Crippen LogP contribution in [0.3, 0.4) is 0 Å². The van der Waals surface area contributed by atoms with Gasteiger partial charge in [0, 0.05) is 11.9 Å². The summed E-state index contributed by atoms with van der Waals surface area (Å²) in [7, 11) is 0. The molecule has 0 saturated heterocycles. The van der Waals surface area contributed by atoms with Crippen LogP contribution in [0, 0.1) is 41.4 Å². The number of fused-ring (bicyclic) bond motifs is 5. The highest BCUT2D eigenvalue weighted by molar-refractivity contribution is 5.19. The third kappa shape index (κ3) is 4.38. The first-order chi connectivity index (χ1) is 14.7. The number of hydrogen-bond acceptors (Lipinski definition) is 3. The van der Waals surface area contributed by atoms with Crippen molar-refractivity contribution in [2.24, 2.45) is 41.4 Å². The van der Waals surface area contributed by atoms with Gasteiger partial charge in [-0.05, 0) is 112 Å². The molecule has 3 nitrogen and oxygen atoms in total. The van der Waals surface area contributed by atoms with Crippen molar-refractivity contribution < 1.29 is 5.11 Å². The van der Waals surface area contributed by atoms with E-state index in [2.05, 4.69) is 29.0 Å². The molecule has 0 radical (unpaired) electrons. The van der Waals surface area contributed by atoms with Crippen LogP contribution in [0.25, 0.3) is 0 Å². The number of hydrogen-bond donors (Lipinski definition) is 1. The van der Waals surface area contributed by atoms with Crippen LogP contribution in [-0.2, 0) is 6.42 Å². The summed E-state index contributed by atoms with van der Waals surface area (Å²) in [5, 5.41) is 10.1. The van der Waals surface area contributed by atoms with Gasteiger partial charge in [-0.15, -0.1) is 0 Å². The van der Waals surface area contributed by atoms with E-state index >= 15 is 0 Å². The van der Waals surface area contributed by atoms with Crippen LogP contribution >= 0.6 is 0 Å². The van der Waals surface area contributed by atoms with Crippen molar-refractivity contribution in [2.75, 3.05) is 0 Å². The van der Waals surface area contributed by atoms with Crippen LogP contribution in [-0.4, -0.2) is 21.2 Å². The van der Waals surface area contributed by atoms with Crippen molar-refractivity contribution in [3.63, 3.8) is 0 Å². The lowest BCUT2D eigenvalue weighted by atomic mass is 9.56. The molecular formula is C27H42N2O. The summed E-state index contributed by atoms with van der Waals surface area (Å²) < 4.78 is 0. The van der Waals surface area contributed by atoms with Crippen molar-refractivity contribution in [1.82, 2.24) is 9.97 Å². The summed E-state index contributed by atoms with van der Waals surface area (Å²) in [6.07, 6.45) is 18.8. The van der Waals surface area contributed by atoms with E-state index in [0.29, 0.717) is 0 Å². The Morgan fingerprint density at radius 3 is 2.60 bits per heavy atom. The van der Waals surface area contributed by atoms with E-state index in [1.807, 2.05) is 20.0 Å². The van der Waals surface area contributed by atoms with Crippen LogP contribution in [0.1, 0.15) is 84.3 Å². The van der Waals surface area contributed by atoms with Gasteiger partial charge in [-0.3, -0.25) is 0 Å². The largest absolute Gasteiger partial charge is 0.393 e. The van der Waals surface area contributed by atoms with E-state index in [4.69, 9.17) is 0 Å². The maximum absolute atomic E-state index is 10.1. The first-order valence-electron chi connectivity index (χ1n) is 12.8. The van der Waals surface area contributed by atoms with Gasteiger partial charge in [0.2, 0.25) is 0 Å². The Hall–Kier alpha value is -1.22. The fraction of sp³-hybridized carbons (Fsp3) is 0.778. The number of nitrogens with zero attached hydrogens (tertiary/aromatic N) is 2. The third-order valence-electron chi connectivity index (χ3n) is 9.02. The van der Waals surface area contributed by atoms with Crippen LogP contribution < -0.4 is 0 Å². The van der Waals surface area contributed by atoms with E-state index in [-0.39, 0.29) is 6.10 Å². The molecule has 3 fully saturated rings. The molecule has 0 bridgehead atoms. The van der Waals surface area contributed by atoms with Gasteiger partial charge in [0.1, 0.15) is 6.33 Å². The molecule has 4 aliphatic rings. The molecular weight excluding hydrogens is 368 g/mol. The smallest absolute Gasteiger partial charge is 0.115 e. The molecule has 4 aliphatic carbocycles. The SMILES string of the molecule is CC.CC(CCc1ccncn1)C1CCC2C1CCC1C3CCC(O)CC3=CCC12. The molecule has 3 saturated carbocycles. The van der Waals surface area contributed by atoms with Crippen molar-refractivity contribution in [3.8, 4) is 0 Å². The molecule has 0 spiro atoms. The summed E-state index contributed by atoms with van der Waals surface area (Å²) in [5.74, 6) is 6.32. The minimum atomic E-state index is -0.0676. The summed E-state index contributed by atoms with van der Waals surface area (Å²) >= 11 is 0. The Labute approximate surface area is 183 Å². The second kappa shape index (κ2) is 9.94. The highest BCUT2D eigenvalue weighted by Crippen LogP contribution is 2.58. The van der Waals surface area contributed by atoms with E-state index in [1.54, 1.807) is 11.9 Å². The van der Waals surface area contributed by atoms with E-state index in [9.17, 15) is 5.11 Å². The second-order valence-corrected chi connectivity index (χ2v) is 10.2. The standard InChI is InChI=1S/C25H36N2O.C2H6/c1-16(2-4-18-12-13-26-15-27-18)20-8-9-25-22(20)10-11-23-21-7-5-19(28)14-17(21)3-6-24(23)25;1-2/h3,12-13,15-16,19-25,28H,2,4-11,14H2,1H3;1-2H3. The lowest BCUT2D eigenvalue weighted by Gasteiger charge is -2.50. The van der Waals surface area contributed by atoms with Crippen molar-refractivity contribution in [2.45, 2.75) is 91.1 Å². The monoisotopic (exact) mass is 410 g/mol. The fourth-order valence-corrected chi connectivity index (χ4v) is 7.71. The molecule has 8 unspecified atom stereocenters. The first-order valence-corrected chi connectivity index (χ1v) is 12.8. The molecule has 1 heterocycles. The number of aliphatic hydroxyl groups is 1. The number of allylic oxidation sites excluding steroid dienone is 1. The topological polar surface area (TPSA) is 46.0 Å².